The van der Waals surface area contributed by atoms with E-state index in [1.54, 1.807) is 29.2 Å². The summed E-state index contributed by atoms with van der Waals surface area (Å²) in [5.74, 6) is -1.94. The molecule has 1 fully saturated rings. The first-order chi connectivity index (χ1) is 15.2. The van der Waals surface area contributed by atoms with Crippen molar-refractivity contribution in [1.82, 2.24) is 4.90 Å². The van der Waals surface area contributed by atoms with Crippen LogP contribution in [-0.4, -0.2) is 41.2 Å². The number of hydrogen-bond donors (Lipinski definition) is 2. The average Bonchev–Trinajstić information content (AvgIpc) is 3.11. The van der Waals surface area contributed by atoms with Gasteiger partial charge in [0.15, 0.2) is 6.10 Å². The third-order valence-electron chi connectivity index (χ3n) is 5.18. The Bertz CT molecular complexity index is 1000. The summed E-state index contributed by atoms with van der Waals surface area (Å²) in [5.41, 5.74) is 3.25. The SMILES string of the molecule is CC(=O)Nc1ccc(NC(=O)[C@@H](C)OC(=O)[C@@H]2CC(=O)N(Cc3ccc(C)cc3)C2)cc1. The van der Waals surface area contributed by atoms with Crippen LogP contribution in [-0.2, 0) is 30.5 Å². The van der Waals surface area contributed by atoms with E-state index in [-0.39, 0.29) is 24.8 Å². The second-order valence-corrected chi connectivity index (χ2v) is 7.99. The summed E-state index contributed by atoms with van der Waals surface area (Å²) in [6.07, 6.45) is -0.942. The lowest BCUT2D eigenvalue weighted by Crippen LogP contribution is -2.33. The molecule has 0 bridgehead atoms. The van der Waals surface area contributed by atoms with Gasteiger partial charge in [0.1, 0.15) is 0 Å². The molecule has 32 heavy (non-hydrogen) atoms. The van der Waals surface area contributed by atoms with Crippen LogP contribution in [0.1, 0.15) is 31.4 Å². The highest BCUT2D eigenvalue weighted by Gasteiger charge is 2.36. The van der Waals surface area contributed by atoms with Crippen molar-refractivity contribution in [2.45, 2.75) is 39.8 Å². The number of anilines is 2. The van der Waals surface area contributed by atoms with Crippen molar-refractivity contribution in [2.24, 2.45) is 5.92 Å². The molecular formula is C24H27N3O5. The third-order valence-corrected chi connectivity index (χ3v) is 5.18. The summed E-state index contributed by atoms with van der Waals surface area (Å²) < 4.78 is 5.32. The first kappa shape index (κ1) is 23.0. The molecule has 2 N–H and O–H groups in total. The van der Waals surface area contributed by atoms with Gasteiger partial charge in [-0.25, -0.2) is 0 Å². The number of rotatable bonds is 7. The highest BCUT2D eigenvalue weighted by molar-refractivity contribution is 5.96. The maximum atomic E-state index is 12.5. The van der Waals surface area contributed by atoms with E-state index in [1.165, 1.54) is 13.8 Å². The van der Waals surface area contributed by atoms with E-state index in [1.807, 2.05) is 31.2 Å². The van der Waals surface area contributed by atoms with Gasteiger partial charge in [0.05, 0.1) is 5.92 Å². The lowest BCUT2D eigenvalue weighted by atomic mass is 10.1. The molecule has 2 aromatic carbocycles. The number of aryl methyl sites for hydroxylation is 1. The number of nitrogens with one attached hydrogen (secondary N) is 2. The summed E-state index contributed by atoms with van der Waals surface area (Å²) in [6.45, 7) is 5.60. The Balaban J connectivity index is 1.50. The van der Waals surface area contributed by atoms with Crippen LogP contribution < -0.4 is 10.6 Å². The second-order valence-electron chi connectivity index (χ2n) is 7.99. The number of carbonyl (C=O) groups is 4. The van der Waals surface area contributed by atoms with Crippen molar-refractivity contribution in [2.75, 3.05) is 17.2 Å². The molecule has 1 aliphatic heterocycles. The van der Waals surface area contributed by atoms with Crippen molar-refractivity contribution in [3.05, 3.63) is 59.7 Å². The van der Waals surface area contributed by atoms with Gasteiger partial charge in [0, 0.05) is 37.8 Å². The summed E-state index contributed by atoms with van der Waals surface area (Å²) in [6, 6.07) is 14.5. The van der Waals surface area contributed by atoms with E-state index in [0.717, 1.165) is 11.1 Å². The van der Waals surface area contributed by atoms with Crippen LogP contribution in [0.2, 0.25) is 0 Å². The number of esters is 1. The van der Waals surface area contributed by atoms with Gasteiger partial charge in [-0.1, -0.05) is 29.8 Å². The Hall–Kier alpha value is -3.68. The standard InChI is InChI=1S/C24H27N3O5/c1-15-4-6-18(7-5-15)13-27-14-19(12-22(27)29)24(31)32-16(2)23(30)26-21-10-8-20(9-11-21)25-17(3)28/h4-11,16,19H,12-14H2,1-3H3,(H,25,28)(H,26,30)/t16-,19-/m1/s1. The first-order valence-electron chi connectivity index (χ1n) is 10.4. The fourth-order valence-corrected chi connectivity index (χ4v) is 3.40. The molecular weight excluding hydrogens is 410 g/mol. The Kier molecular flexibility index (Phi) is 7.25. The summed E-state index contributed by atoms with van der Waals surface area (Å²) >= 11 is 0. The van der Waals surface area contributed by atoms with E-state index in [0.29, 0.717) is 17.9 Å². The highest BCUT2D eigenvalue weighted by Crippen LogP contribution is 2.22. The van der Waals surface area contributed by atoms with Crippen molar-refractivity contribution < 1.29 is 23.9 Å². The quantitative estimate of drug-likeness (QED) is 0.648. The van der Waals surface area contributed by atoms with Gasteiger partial charge in [-0.15, -0.1) is 0 Å². The van der Waals surface area contributed by atoms with Crippen LogP contribution in [0.3, 0.4) is 0 Å². The number of carbonyl (C=O) groups excluding carboxylic acids is 4. The lowest BCUT2D eigenvalue weighted by Gasteiger charge is -2.18. The third kappa shape index (κ3) is 6.16. The van der Waals surface area contributed by atoms with E-state index in [2.05, 4.69) is 10.6 Å². The number of amides is 3. The van der Waals surface area contributed by atoms with Gasteiger partial charge in [0.25, 0.3) is 5.91 Å². The Labute approximate surface area is 186 Å². The first-order valence-corrected chi connectivity index (χ1v) is 10.4. The van der Waals surface area contributed by atoms with E-state index in [4.69, 9.17) is 4.74 Å². The van der Waals surface area contributed by atoms with Crippen LogP contribution in [0.15, 0.2) is 48.5 Å². The molecule has 0 aliphatic carbocycles. The molecule has 3 rings (SSSR count). The van der Waals surface area contributed by atoms with Crippen molar-refractivity contribution in [1.29, 1.82) is 0 Å². The lowest BCUT2D eigenvalue weighted by molar-refractivity contribution is -0.157. The zero-order valence-corrected chi connectivity index (χ0v) is 18.4. The summed E-state index contributed by atoms with van der Waals surface area (Å²) in [5, 5.41) is 5.30. The van der Waals surface area contributed by atoms with Crippen molar-refractivity contribution in [3.63, 3.8) is 0 Å². The molecule has 1 heterocycles. The predicted octanol–water partition coefficient (Wildman–Crippen LogP) is 2.87. The predicted molar refractivity (Wildman–Crippen MR) is 120 cm³/mol. The zero-order valence-electron chi connectivity index (χ0n) is 18.4. The minimum absolute atomic E-state index is 0.0731. The number of hydrogen-bond acceptors (Lipinski definition) is 5. The highest BCUT2D eigenvalue weighted by atomic mass is 16.5. The fraction of sp³-hybridized carbons (Fsp3) is 0.333. The Morgan fingerprint density at radius 3 is 2.22 bits per heavy atom. The minimum atomic E-state index is -1.02. The maximum Gasteiger partial charge on any atom is 0.312 e. The number of nitrogens with zero attached hydrogens (tertiary/aromatic N) is 1. The monoisotopic (exact) mass is 437 g/mol. The van der Waals surface area contributed by atoms with E-state index < -0.39 is 23.9 Å². The molecule has 0 saturated carbocycles. The zero-order chi connectivity index (χ0) is 23.3. The molecule has 3 amide bonds. The van der Waals surface area contributed by atoms with Gasteiger partial charge in [0.2, 0.25) is 11.8 Å². The fourth-order valence-electron chi connectivity index (χ4n) is 3.40. The number of ether oxygens (including phenoxy) is 1. The minimum Gasteiger partial charge on any atom is -0.452 e. The van der Waals surface area contributed by atoms with Gasteiger partial charge >= 0.3 is 5.97 Å². The molecule has 8 heteroatoms. The summed E-state index contributed by atoms with van der Waals surface area (Å²) in [4.78, 5) is 49.9. The molecule has 0 spiro atoms. The average molecular weight is 437 g/mol. The number of benzene rings is 2. The van der Waals surface area contributed by atoms with Crippen LogP contribution in [0.25, 0.3) is 0 Å². The normalized spacial score (nSPS) is 16.4. The van der Waals surface area contributed by atoms with E-state index in [9.17, 15) is 19.2 Å². The van der Waals surface area contributed by atoms with Crippen molar-refractivity contribution in [3.8, 4) is 0 Å². The van der Waals surface area contributed by atoms with Crippen LogP contribution >= 0.6 is 0 Å². The van der Waals surface area contributed by atoms with Crippen LogP contribution in [0.5, 0.6) is 0 Å². The molecule has 0 radical (unpaired) electrons. The molecule has 2 atom stereocenters. The Morgan fingerprint density at radius 1 is 1.03 bits per heavy atom. The van der Waals surface area contributed by atoms with Crippen LogP contribution in [0.4, 0.5) is 11.4 Å². The number of likely N-dealkylation sites (tertiary alicyclic amines) is 1. The van der Waals surface area contributed by atoms with Gasteiger partial charge in [-0.3, -0.25) is 19.2 Å². The molecule has 1 saturated heterocycles. The smallest absolute Gasteiger partial charge is 0.312 e. The molecule has 8 nitrogen and oxygen atoms in total. The maximum absolute atomic E-state index is 12.5. The van der Waals surface area contributed by atoms with Crippen LogP contribution in [0, 0.1) is 12.8 Å². The largest absolute Gasteiger partial charge is 0.452 e. The van der Waals surface area contributed by atoms with E-state index >= 15 is 0 Å². The molecule has 0 unspecified atom stereocenters. The summed E-state index contributed by atoms with van der Waals surface area (Å²) in [7, 11) is 0. The van der Waals surface area contributed by atoms with Gasteiger partial charge in [-0.05, 0) is 43.7 Å². The molecule has 0 aromatic heterocycles. The van der Waals surface area contributed by atoms with Gasteiger partial charge < -0.3 is 20.3 Å². The Morgan fingerprint density at radius 2 is 1.62 bits per heavy atom. The molecule has 1 aliphatic rings. The van der Waals surface area contributed by atoms with Gasteiger partial charge in [-0.2, -0.15) is 0 Å². The van der Waals surface area contributed by atoms with Crippen molar-refractivity contribution >= 4 is 35.1 Å². The molecule has 2 aromatic rings. The second kappa shape index (κ2) is 10.1. The molecule has 168 valence electrons. The topological polar surface area (TPSA) is 105 Å².